The molecule has 5 N–H and O–H groups in total. The summed E-state index contributed by atoms with van der Waals surface area (Å²) in [5.74, 6) is 12.5. The maximum Gasteiger partial charge on any atom is 0.151 e. The van der Waals surface area contributed by atoms with E-state index in [1.165, 1.54) is 11.1 Å². The Hall–Kier alpha value is -3.45. The molecular weight excluding hydrogens is 446 g/mol. The Labute approximate surface area is 215 Å². The van der Waals surface area contributed by atoms with Crippen LogP contribution >= 0.6 is 0 Å². The van der Waals surface area contributed by atoms with E-state index >= 15 is 0 Å². The average molecular weight is 486 g/mol. The number of amidine groups is 1. The fourth-order valence-electron chi connectivity index (χ4n) is 5.07. The van der Waals surface area contributed by atoms with Crippen LogP contribution in [0.3, 0.4) is 0 Å². The Morgan fingerprint density at radius 3 is 2.08 bits per heavy atom. The van der Waals surface area contributed by atoms with Crippen molar-refractivity contribution in [3.05, 3.63) is 65.4 Å². The van der Waals surface area contributed by atoms with Crippen LogP contribution in [0.1, 0.15) is 62.8 Å². The van der Waals surface area contributed by atoms with Crippen molar-refractivity contribution in [1.82, 2.24) is 15.4 Å². The van der Waals surface area contributed by atoms with Crippen LogP contribution in [0.5, 0.6) is 0 Å². The second-order valence-corrected chi connectivity index (χ2v) is 10.1. The molecule has 0 saturated heterocycles. The standard InChI is InChI=1S/C29H39N7/c1-19(2)36-24(7-5-6-8-26(34-30)35-31)17-18-25-29(36)33-28(23-15-11-21(4)12-16-23)27(32-25)22-13-9-20(3)10-14-22/h9-16,19,24H,5-8,17-18,30-31H2,1-4H3,(H,34,35). The first-order valence-electron chi connectivity index (χ1n) is 13.0. The zero-order valence-electron chi connectivity index (χ0n) is 22.0. The molecule has 190 valence electrons. The summed E-state index contributed by atoms with van der Waals surface area (Å²) in [5.41, 5.74) is 10.3. The van der Waals surface area contributed by atoms with Crippen molar-refractivity contribution >= 4 is 11.7 Å². The molecule has 0 amide bonds. The highest BCUT2D eigenvalue weighted by atomic mass is 15.3. The van der Waals surface area contributed by atoms with Crippen molar-refractivity contribution in [1.29, 1.82) is 0 Å². The summed E-state index contributed by atoms with van der Waals surface area (Å²) in [6.07, 6.45) is 5.91. The molecule has 1 unspecified atom stereocenters. The van der Waals surface area contributed by atoms with Crippen LogP contribution in [-0.4, -0.2) is 27.9 Å². The van der Waals surface area contributed by atoms with Gasteiger partial charge in [-0.25, -0.2) is 15.8 Å². The largest absolute Gasteiger partial charge is 0.350 e. The Bertz CT molecular complexity index is 1180. The highest BCUT2D eigenvalue weighted by Gasteiger charge is 2.31. The molecular formula is C29H39N7. The summed E-state index contributed by atoms with van der Waals surface area (Å²) in [6.45, 7) is 8.72. The maximum absolute atomic E-state index is 5.47. The monoisotopic (exact) mass is 485 g/mol. The minimum absolute atomic E-state index is 0.325. The van der Waals surface area contributed by atoms with E-state index in [1.807, 2.05) is 0 Å². The first-order valence-corrected chi connectivity index (χ1v) is 13.0. The molecule has 0 saturated carbocycles. The molecule has 3 aromatic rings. The normalized spacial score (nSPS) is 15.8. The van der Waals surface area contributed by atoms with Crippen LogP contribution in [0.15, 0.2) is 53.6 Å². The molecule has 0 aliphatic carbocycles. The van der Waals surface area contributed by atoms with Crippen LogP contribution in [0.2, 0.25) is 0 Å². The van der Waals surface area contributed by atoms with Gasteiger partial charge in [-0.05, 0) is 53.4 Å². The molecule has 1 aliphatic heterocycles. The number of rotatable bonds is 8. The highest BCUT2D eigenvalue weighted by Crippen LogP contribution is 2.38. The van der Waals surface area contributed by atoms with E-state index in [1.54, 1.807) is 0 Å². The van der Waals surface area contributed by atoms with Gasteiger partial charge in [0.25, 0.3) is 0 Å². The molecule has 7 heteroatoms. The lowest BCUT2D eigenvalue weighted by atomic mass is 9.94. The quantitative estimate of drug-likeness (QED) is 0.132. The molecule has 2 heterocycles. The van der Waals surface area contributed by atoms with Crippen LogP contribution in [0.4, 0.5) is 5.82 Å². The molecule has 1 aromatic heterocycles. The van der Waals surface area contributed by atoms with Crippen LogP contribution in [0.25, 0.3) is 22.5 Å². The molecule has 1 aliphatic rings. The average Bonchev–Trinajstić information content (AvgIpc) is 2.88. The van der Waals surface area contributed by atoms with Gasteiger partial charge in [0.15, 0.2) is 5.82 Å². The second kappa shape index (κ2) is 11.5. The molecule has 0 spiro atoms. The number of anilines is 1. The third kappa shape index (κ3) is 5.68. The van der Waals surface area contributed by atoms with Gasteiger partial charge in [-0.1, -0.05) is 66.1 Å². The lowest BCUT2D eigenvalue weighted by molar-refractivity contribution is 0.441. The Kier molecular flexibility index (Phi) is 8.21. The molecule has 7 nitrogen and oxygen atoms in total. The number of hydrogen-bond donors (Lipinski definition) is 3. The van der Waals surface area contributed by atoms with Crippen molar-refractivity contribution < 1.29 is 0 Å². The van der Waals surface area contributed by atoms with Gasteiger partial charge in [0.05, 0.1) is 17.1 Å². The first kappa shape index (κ1) is 25.6. The molecule has 2 aromatic carbocycles. The van der Waals surface area contributed by atoms with E-state index in [9.17, 15) is 0 Å². The highest BCUT2D eigenvalue weighted by molar-refractivity contribution is 5.81. The number of aryl methyl sites for hydroxylation is 3. The Balaban J connectivity index is 1.69. The first-order chi connectivity index (χ1) is 17.4. The number of fused-ring (bicyclic) bond motifs is 1. The van der Waals surface area contributed by atoms with E-state index in [2.05, 4.69) is 91.7 Å². The number of unbranched alkanes of at least 4 members (excludes halogenated alkanes) is 1. The molecule has 1 atom stereocenters. The minimum atomic E-state index is 0.325. The van der Waals surface area contributed by atoms with E-state index < -0.39 is 0 Å². The predicted octanol–water partition coefficient (Wildman–Crippen LogP) is 5.25. The summed E-state index contributed by atoms with van der Waals surface area (Å²) in [5, 5.41) is 3.70. The topological polar surface area (TPSA) is 105 Å². The van der Waals surface area contributed by atoms with Gasteiger partial charge < -0.3 is 16.2 Å². The van der Waals surface area contributed by atoms with Crippen molar-refractivity contribution in [3.63, 3.8) is 0 Å². The zero-order chi connectivity index (χ0) is 25.7. The second-order valence-electron chi connectivity index (χ2n) is 10.1. The number of benzene rings is 2. The molecule has 0 bridgehead atoms. The minimum Gasteiger partial charge on any atom is -0.350 e. The van der Waals surface area contributed by atoms with E-state index in [-0.39, 0.29) is 0 Å². The van der Waals surface area contributed by atoms with Gasteiger partial charge in [-0.15, -0.1) is 0 Å². The Morgan fingerprint density at radius 2 is 1.56 bits per heavy atom. The summed E-state index contributed by atoms with van der Waals surface area (Å²) in [4.78, 5) is 13.1. The maximum atomic E-state index is 5.47. The van der Waals surface area contributed by atoms with Gasteiger partial charge in [0, 0.05) is 29.6 Å². The van der Waals surface area contributed by atoms with Gasteiger partial charge in [-0.3, -0.25) is 0 Å². The van der Waals surface area contributed by atoms with E-state index in [0.29, 0.717) is 17.9 Å². The summed E-state index contributed by atoms with van der Waals surface area (Å²) >= 11 is 0. The summed E-state index contributed by atoms with van der Waals surface area (Å²) in [6, 6.07) is 18.0. The number of hydrogen-bond acceptors (Lipinski definition) is 6. The van der Waals surface area contributed by atoms with Crippen LogP contribution in [0, 0.1) is 13.8 Å². The van der Waals surface area contributed by atoms with Crippen LogP contribution in [-0.2, 0) is 6.42 Å². The molecule has 0 radical (unpaired) electrons. The number of aromatic nitrogens is 2. The number of nitrogens with one attached hydrogen (secondary N) is 1. The van der Waals surface area contributed by atoms with Crippen molar-refractivity contribution in [2.75, 3.05) is 4.90 Å². The summed E-state index contributed by atoms with van der Waals surface area (Å²) < 4.78 is 0. The fraction of sp³-hybridized carbons (Fsp3) is 0.414. The van der Waals surface area contributed by atoms with E-state index in [0.717, 1.165) is 72.6 Å². The molecule has 4 rings (SSSR count). The predicted molar refractivity (Wildman–Crippen MR) is 150 cm³/mol. The number of hydrazine groups is 1. The summed E-state index contributed by atoms with van der Waals surface area (Å²) in [7, 11) is 0. The smallest absolute Gasteiger partial charge is 0.151 e. The number of hydrazone groups is 1. The van der Waals surface area contributed by atoms with Gasteiger partial charge in [0.1, 0.15) is 5.84 Å². The lowest BCUT2D eigenvalue weighted by Gasteiger charge is -2.41. The molecule has 36 heavy (non-hydrogen) atoms. The van der Waals surface area contributed by atoms with E-state index in [4.69, 9.17) is 21.7 Å². The number of nitrogens with zero attached hydrogens (tertiary/aromatic N) is 4. The Morgan fingerprint density at radius 1 is 0.972 bits per heavy atom. The zero-order valence-corrected chi connectivity index (χ0v) is 22.0. The van der Waals surface area contributed by atoms with Crippen molar-refractivity contribution in [2.24, 2.45) is 16.8 Å². The number of nitrogens with two attached hydrogens (primary N) is 2. The third-order valence-electron chi connectivity index (χ3n) is 7.03. The SMILES string of the molecule is Cc1ccc(-c2nc3c(nc2-c2ccc(C)cc2)N(C(C)C)C(CCCC/C(=N/N)NN)CC3)cc1. The van der Waals surface area contributed by atoms with Gasteiger partial charge in [-0.2, -0.15) is 5.10 Å². The lowest BCUT2D eigenvalue weighted by Crippen LogP contribution is -2.45. The van der Waals surface area contributed by atoms with Gasteiger partial charge >= 0.3 is 0 Å². The van der Waals surface area contributed by atoms with Crippen molar-refractivity contribution in [3.8, 4) is 22.5 Å². The van der Waals surface area contributed by atoms with Gasteiger partial charge in [0.2, 0.25) is 0 Å². The third-order valence-corrected chi connectivity index (χ3v) is 7.03. The fourth-order valence-corrected chi connectivity index (χ4v) is 5.07. The van der Waals surface area contributed by atoms with Crippen molar-refractivity contribution in [2.45, 2.75) is 78.3 Å². The molecule has 0 fully saturated rings. The van der Waals surface area contributed by atoms with Crippen LogP contribution < -0.4 is 22.0 Å².